The molecule has 15 heavy (non-hydrogen) atoms. The molecule has 0 aliphatic carbocycles. The molecule has 1 atom stereocenters. The Hall–Kier alpha value is -1.30. The first-order chi connectivity index (χ1) is 6.84. The van der Waals surface area contributed by atoms with Crippen molar-refractivity contribution in [3.05, 3.63) is 0 Å². The molecule has 0 aliphatic rings. The van der Waals surface area contributed by atoms with Crippen molar-refractivity contribution < 1.29 is 14.7 Å². The number of urea groups is 1. The highest BCUT2D eigenvalue weighted by molar-refractivity contribution is 5.79. The van der Waals surface area contributed by atoms with E-state index in [4.69, 9.17) is 5.11 Å². The maximum absolute atomic E-state index is 11.3. The van der Waals surface area contributed by atoms with Crippen molar-refractivity contribution >= 4 is 12.0 Å². The monoisotopic (exact) mass is 217 g/mol. The standard InChI is InChI=1S/C9H19N3O3/c1-7(11(2)3)5-10-9(15)12(4)6-8(13)14/h7H,5-6H2,1-4H3,(H,10,15)(H,13,14). The molecule has 0 fully saturated rings. The average Bonchev–Trinajstić information content (AvgIpc) is 2.12. The molecule has 1 unspecified atom stereocenters. The summed E-state index contributed by atoms with van der Waals surface area (Å²) in [4.78, 5) is 24.8. The lowest BCUT2D eigenvalue weighted by Crippen LogP contribution is -2.45. The maximum atomic E-state index is 11.3. The van der Waals surface area contributed by atoms with Crippen molar-refractivity contribution in [3.63, 3.8) is 0 Å². The van der Waals surface area contributed by atoms with Crippen LogP contribution < -0.4 is 5.32 Å². The zero-order valence-corrected chi connectivity index (χ0v) is 9.65. The normalized spacial score (nSPS) is 12.3. The van der Waals surface area contributed by atoms with Crippen LogP contribution in [-0.4, -0.2) is 67.2 Å². The molecule has 0 aliphatic heterocycles. The van der Waals surface area contributed by atoms with Gasteiger partial charge in [0.25, 0.3) is 0 Å². The van der Waals surface area contributed by atoms with Gasteiger partial charge in [0, 0.05) is 19.6 Å². The first-order valence-corrected chi connectivity index (χ1v) is 4.71. The second kappa shape index (κ2) is 6.23. The van der Waals surface area contributed by atoms with Gasteiger partial charge in [0.1, 0.15) is 6.54 Å². The summed E-state index contributed by atoms with van der Waals surface area (Å²) >= 11 is 0. The van der Waals surface area contributed by atoms with E-state index in [1.807, 2.05) is 25.9 Å². The number of aliphatic carboxylic acids is 1. The van der Waals surface area contributed by atoms with Crippen LogP contribution in [0.15, 0.2) is 0 Å². The van der Waals surface area contributed by atoms with Crippen molar-refractivity contribution in [2.75, 3.05) is 34.2 Å². The molecular formula is C9H19N3O3. The molecule has 0 rings (SSSR count). The fourth-order valence-corrected chi connectivity index (χ4v) is 0.827. The minimum Gasteiger partial charge on any atom is -0.480 e. The number of carboxylic acid groups (broad SMARTS) is 1. The number of hydrogen-bond donors (Lipinski definition) is 2. The molecule has 0 aromatic heterocycles. The van der Waals surface area contributed by atoms with Crippen LogP contribution in [0.3, 0.4) is 0 Å². The molecule has 2 amide bonds. The van der Waals surface area contributed by atoms with Crippen LogP contribution in [0.25, 0.3) is 0 Å². The van der Waals surface area contributed by atoms with Crippen LogP contribution in [0.1, 0.15) is 6.92 Å². The minimum absolute atomic E-state index is 0.215. The van der Waals surface area contributed by atoms with Crippen LogP contribution in [-0.2, 0) is 4.79 Å². The summed E-state index contributed by atoms with van der Waals surface area (Å²) in [5.41, 5.74) is 0. The molecule has 2 N–H and O–H groups in total. The molecule has 0 aromatic carbocycles. The largest absolute Gasteiger partial charge is 0.480 e. The molecule has 6 nitrogen and oxygen atoms in total. The Kier molecular flexibility index (Phi) is 5.69. The highest BCUT2D eigenvalue weighted by Crippen LogP contribution is 1.90. The minimum atomic E-state index is -1.02. The first-order valence-electron chi connectivity index (χ1n) is 4.71. The Morgan fingerprint density at radius 2 is 1.87 bits per heavy atom. The van der Waals surface area contributed by atoms with Crippen molar-refractivity contribution in [2.45, 2.75) is 13.0 Å². The van der Waals surface area contributed by atoms with Crippen molar-refractivity contribution in [1.29, 1.82) is 0 Å². The summed E-state index contributed by atoms with van der Waals surface area (Å²) in [6, 6.07) is -0.154. The van der Waals surface area contributed by atoms with Gasteiger partial charge in [-0.1, -0.05) is 0 Å². The van der Waals surface area contributed by atoms with Gasteiger partial charge in [-0.05, 0) is 21.0 Å². The highest BCUT2D eigenvalue weighted by Gasteiger charge is 2.12. The van der Waals surface area contributed by atoms with Gasteiger partial charge in [-0.25, -0.2) is 4.79 Å². The van der Waals surface area contributed by atoms with E-state index in [0.29, 0.717) is 6.54 Å². The second-order valence-electron chi connectivity index (χ2n) is 3.75. The summed E-state index contributed by atoms with van der Waals surface area (Å²) < 4.78 is 0. The molecule has 6 heteroatoms. The summed E-state index contributed by atoms with van der Waals surface area (Å²) in [5, 5.41) is 11.1. The Morgan fingerprint density at radius 3 is 2.27 bits per heavy atom. The van der Waals surface area contributed by atoms with Crippen LogP contribution in [0.5, 0.6) is 0 Å². The Bertz CT molecular complexity index is 231. The van der Waals surface area contributed by atoms with Gasteiger partial charge in [-0.3, -0.25) is 4.79 Å². The Morgan fingerprint density at radius 1 is 1.33 bits per heavy atom. The second-order valence-corrected chi connectivity index (χ2v) is 3.75. The van der Waals surface area contributed by atoms with Gasteiger partial charge in [0.2, 0.25) is 0 Å². The smallest absolute Gasteiger partial charge is 0.323 e. The molecule has 0 bridgehead atoms. The van der Waals surface area contributed by atoms with E-state index in [0.717, 1.165) is 4.90 Å². The van der Waals surface area contributed by atoms with Gasteiger partial charge >= 0.3 is 12.0 Å². The van der Waals surface area contributed by atoms with Gasteiger partial charge < -0.3 is 20.2 Å². The van der Waals surface area contributed by atoms with Crippen LogP contribution >= 0.6 is 0 Å². The zero-order chi connectivity index (χ0) is 12.0. The third-order valence-electron chi connectivity index (χ3n) is 2.15. The fraction of sp³-hybridized carbons (Fsp3) is 0.778. The predicted molar refractivity (Wildman–Crippen MR) is 56.8 cm³/mol. The lowest BCUT2D eigenvalue weighted by molar-refractivity contribution is -0.137. The predicted octanol–water partition coefficient (Wildman–Crippen LogP) is -0.337. The zero-order valence-electron chi connectivity index (χ0n) is 9.65. The number of hydrogen-bond acceptors (Lipinski definition) is 3. The molecule has 0 heterocycles. The molecular weight excluding hydrogens is 198 g/mol. The first kappa shape index (κ1) is 13.7. The van der Waals surface area contributed by atoms with Crippen molar-refractivity contribution in [3.8, 4) is 0 Å². The van der Waals surface area contributed by atoms with Crippen LogP contribution in [0, 0.1) is 0 Å². The molecule has 0 radical (unpaired) electrons. The topological polar surface area (TPSA) is 72.9 Å². The summed E-state index contributed by atoms with van der Waals surface area (Å²) in [7, 11) is 5.28. The lowest BCUT2D eigenvalue weighted by Gasteiger charge is -2.22. The molecule has 0 saturated carbocycles. The number of nitrogens with zero attached hydrogens (tertiary/aromatic N) is 2. The van der Waals surface area contributed by atoms with Crippen LogP contribution in [0.4, 0.5) is 4.79 Å². The molecule has 0 spiro atoms. The number of likely N-dealkylation sites (N-methyl/N-ethyl adjacent to an activating group) is 2. The number of carbonyl (C=O) groups is 2. The maximum Gasteiger partial charge on any atom is 0.323 e. The number of nitrogens with one attached hydrogen (secondary N) is 1. The quantitative estimate of drug-likeness (QED) is 0.661. The van der Waals surface area contributed by atoms with Gasteiger partial charge in [0.15, 0.2) is 0 Å². The number of carboxylic acids is 1. The molecule has 88 valence electrons. The number of rotatable bonds is 5. The van der Waals surface area contributed by atoms with E-state index in [1.54, 1.807) is 0 Å². The van der Waals surface area contributed by atoms with E-state index in [-0.39, 0.29) is 18.6 Å². The Balaban J connectivity index is 3.88. The van der Waals surface area contributed by atoms with E-state index in [1.165, 1.54) is 7.05 Å². The Labute approximate surface area is 89.8 Å². The van der Waals surface area contributed by atoms with Gasteiger partial charge in [-0.2, -0.15) is 0 Å². The van der Waals surface area contributed by atoms with Gasteiger partial charge in [-0.15, -0.1) is 0 Å². The van der Waals surface area contributed by atoms with Crippen LogP contribution in [0.2, 0.25) is 0 Å². The van der Waals surface area contributed by atoms with Gasteiger partial charge in [0.05, 0.1) is 0 Å². The third-order valence-corrected chi connectivity index (χ3v) is 2.15. The summed E-state index contributed by atoms with van der Waals surface area (Å²) in [6.07, 6.45) is 0. The van der Waals surface area contributed by atoms with Crippen molar-refractivity contribution in [1.82, 2.24) is 15.1 Å². The fourth-order valence-electron chi connectivity index (χ4n) is 0.827. The summed E-state index contributed by atoms with van der Waals surface area (Å²) in [6.45, 7) is 2.18. The molecule has 0 saturated heterocycles. The summed E-state index contributed by atoms with van der Waals surface area (Å²) in [5.74, 6) is -1.02. The van der Waals surface area contributed by atoms with Crippen molar-refractivity contribution in [2.24, 2.45) is 0 Å². The molecule has 0 aromatic rings. The third kappa shape index (κ3) is 5.90. The van der Waals surface area contributed by atoms with E-state index < -0.39 is 5.97 Å². The highest BCUT2D eigenvalue weighted by atomic mass is 16.4. The average molecular weight is 217 g/mol. The number of amides is 2. The number of carbonyl (C=O) groups excluding carboxylic acids is 1. The lowest BCUT2D eigenvalue weighted by atomic mass is 10.3. The van der Waals surface area contributed by atoms with E-state index >= 15 is 0 Å². The SMILES string of the molecule is CC(CNC(=O)N(C)CC(=O)O)N(C)C. The van der Waals surface area contributed by atoms with E-state index in [2.05, 4.69) is 5.32 Å². The van der Waals surface area contributed by atoms with E-state index in [9.17, 15) is 9.59 Å².